The SMILES string of the molecule is COc1ccc(CCc2c(-c3ccc(OC)cc3)nc(NC(=O)c3cc(OC)c(OCc4cc(OC)c(OC)c(OC)c4)c(OC)c3)n2C)cc1. The van der Waals surface area contributed by atoms with E-state index in [1.54, 1.807) is 59.8 Å². The zero-order valence-electron chi connectivity index (χ0n) is 30.1. The molecule has 0 radical (unpaired) electrons. The van der Waals surface area contributed by atoms with Gasteiger partial charge in [-0.3, -0.25) is 10.1 Å². The number of hydrogen-bond donors (Lipinski definition) is 1. The molecule has 1 heterocycles. The molecule has 1 N–H and O–H groups in total. The highest BCUT2D eigenvalue weighted by atomic mass is 16.5. The summed E-state index contributed by atoms with van der Waals surface area (Å²) in [5, 5.41) is 2.99. The normalized spacial score (nSPS) is 10.7. The first-order valence-electron chi connectivity index (χ1n) is 16.1. The van der Waals surface area contributed by atoms with Crippen LogP contribution in [0.1, 0.15) is 27.2 Å². The molecule has 12 nitrogen and oxygen atoms in total. The van der Waals surface area contributed by atoms with Gasteiger partial charge < -0.3 is 42.5 Å². The highest BCUT2D eigenvalue weighted by Gasteiger charge is 2.22. The van der Waals surface area contributed by atoms with Gasteiger partial charge in [0.05, 0.1) is 55.5 Å². The molecule has 0 saturated carbocycles. The third-order valence-corrected chi connectivity index (χ3v) is 8.44. The summed E-state index contributed by atoms with van der Waals surface area (Å²) in [5.41, 5.74) is 4.80. The Morgan fingerprint density at radius 1 is 0.627 bits per heavy atom. The van der Waals surface area contributed by atoms with E-state index >= 15 is 0 Å². The molecule has 51 heavy (non-hydrogen) atoms. The summed E-state index contributed by atoms with van der Waals surface area (Å²) < 4.78 is 46.5. The first kappa shape index (κ1) is 36.2. The van der Waals surface area contributed by atoms with Crippen LogP contribution in [0.3, 0.4) is 0 Å². The Morgan fingerprint density at radius 2 is 1.16 bits per heavy atom. The number of carbonyl (C=O) groups excluding carboxylic acids is 1. The van der Waals surface area contributed by atoms with Crippen LogP contribution >= 0.6 is 0 Å². The van der Waals surface area contributed by atoms with E-state index in [1.807, 2.05) is 60.1 Å². The van der Waals surface area contributed by atoms with Crippen molar-refractivity contribution in [1.29, 1.82) is 0 Å². The number of aryl methyl sites for hydroxylation is 1. The second-order valence-electron chi connectivity index (χ2n) is 11.4. The highest BCUT2D eigenvalue weighted by Crippen LogP contribution is 2.42. The van der Waals surface area contributed by atoms with Crippen molar-refractivity contribution in [1.82, 2.24) is 9.55 Å². The minimum Gasteiger partial charge on any atom is -0.497 e. The van der Waals surface area contributed by atoms with Crippen molar-refractivity contribution in [3.63, 3.8) is 0 Å². The van der Waals surface area contributed by atoms with Gasteiger partial charge in [0.1, 0.15) is 18.1 Å². The number of benzene rings is 4. The minimum atomic E-state index is -0.404. The number of rotatable bonds is 16. The highest BCUT2D eigenvalue weighted by molar-refractivity contribution is 6.04. The number of methoxy groups -OCH3 is 7. The Kier molecular flexibility index (Phi) is 11.8. The molecule has 4 aromatic carbocycles. The number of aromatic nitrogens is 2. The molecule has 0 aliphatic carbocycles. The summed E-state index contributed by atoms with van der Waals surface area (Å²) in [6.07, 6.45) is 1.43. The Hall–Kier alpha value is -6.04. The van der Waals surface area contributed by atoms with E-state index in [4.69, 9.17) is 42.9 Å². The van der Waals surface area contributed by atoms with Gasteiger partial charge in [0.2, 0.25) is 17.4 Å². The van der Waals surface area contributed by atoms with Gasteiger partial charge in [-0.2, -0.15) is 0 Å². The second kappa shape index (κ2) is 16.6. The molecule has 12 heteroatoms. The quantitative estimate of drug-likeness (QED) is 0.118. The average Bonchev–Trinajstić information content (AvgIpc) is 3.48. The summed E-state index contributed by atoms with van der Waals surface area (Å²) in [6, 6.07) is 22.4. The maximum absolute atomic E-state index is 13.8. The van der Waals surface area contributed by atoms with Crippen LogP contribution in [0, 0.1) is 0 Å². The fraction of sp³-hybridized carbons (Fsp3) is 0.282. The van der Waals surface area contributed by atoms with Crippen molar-refractivity contribution in [3.8, 4) is 57.3 Å². The molecule has 268 valence electrons. The van der Waals surface area contributed by atoms with E-state index in [0.717, 1.165) is 46.0 Å². The summed E-state index contributed by atoms with van der Waals surface area (Å²) in [4.78, 5) is 18.7. The molecular formula is C39H43N3O9. The molecule has 1 amide bonds. The zero-order valence-corrected chi connectivity index (χ0v) is 30.1. The van der Waals surface area contributed by atoms with Crippen molar-refractivity contribution >= 4 is 11.9 Å². The molecule has 5 rings (SSSR count). The van der Waals surface area contributed by atoms with Crippen LogP contribution < -0.4 is 43.2 Å². The lowest BCUT2D eigenvalue weighted by atomic mass is 10.0. The van der Waals surface area contributed by atoms with Gasteiger partial charge >= 0.3 is 0 Å². The van der Waals surface area contributed by atoms with Crippen molar-refractivity contribution in [2.45, 2.75) is 19.4 Å². The van der Waals surface area contributed by atoms with E-state index in [1.165, 1.54) is 14.2 Å². The van der Waals surface area contributed by atoms with Gasteiger partial charge in [0.15, 0.2) is 23.0 Å². The standard InChI is InChI=1S/C39H43N3O9/c1-42-30(18-11-24-9-14-28(44-2)15-10-24)35(26-12-16-29(45-3)17-13-26)40-39(42)41-38(43)27-21-33(48-6)37(34(22-27)49-7)51-23-25-19-31(46-4)36(50-8)32(20-25)47-5/h9-10,12-17,19-22H,11,18,23H2,1-8H3,(H,40,41,43). The smallest absolute Gasteiger partial charge is 0.258 e. The van der Waals surface area contributed by atoms with Gasteiger partial charge in [0, 0.05) is 23.9 Å². The Morgan fingerprint density at radius 3 is 1.67 bits per heavy atom. The van der Waals surface area contributed by atoms with E-state index in [-0.39, 0.29) is 12.2 Å². The fourth-order valence-electron chi connectivity index (χ4n) is 5.67. The maximum atomic E-state index is 13.8. The molecule has 0 fully saturated rings. The zero-order chi connectivity index (χ0) is 36.5. The molecule has 0 atom stereocenters. The summed E-state index contributed by atoms with van der Waals surface area (Å²) in [6.45, 7) is 0.121. The summed E-state index contributed by atoms with van der Waals surface area (Å²) in [7, 11) is 12.8. The molecule has 1 aromatic heterocycles. The lowest BCUT2D eigenvalue weighted by Gasteiger charge is -2.17. The molecule has 5 aromatic rings. The van der Waals surface area contributed by atoms with Crippen LogP contribution in [0.15, 0.2) is 72.8 Å². The van der Waals surface area contributed by atoms with Gasteiger partial charge in [0.25, 0.3) is 5.91 Å². The fourth-order valence-corrected chi connectivity index (χ4v) is 5.67. The number of ether oxygens (including phenoxy) is 8. The van der Waals surface area contributed by atoms with E-state index in [2.05, 4.69) is 5.32 Å². The van der Waals surface area contributed by atoms with E-state index in [9.17, 15) is 4.79 Å². The van der Waals surface area contributed by atoms with Gasteiger partial charge in [-0.05, 0) is 84.6 Å². The average molecular weight is 698 g/mol. The first-order valence-corrected chi connectivity index (χ1v) is 16.1. The third-order valence-electron chi connectivity index (χ3n) is 8.44. The number of imidazole rings is 1. The number of amides is 1. The molecule has 0 aliphatic heterocycles. The van der Waals surface area contributed by atoms with Crippen LogP contribution in [0.25, 0.3) is 11.3 Å². The lowest BCUT2D eigenvalue weighted by Crippen LogP contribution is -2.16. The van der Waals surface area contributed by atoms with Gasteiger partial charge in [-0.15, -0.1) is 0 Å². The topological polar surface area (TPSA) is 121 Å². The molecular weight excluding hydrogens is 654 g/mol. The van der Waals surface area contributed by atoms with Crippen molar-refractivity contribution in [3.05, 3.63) is 95.2 Å². The van der Waals surface area contributed by atoms with Crippen molar-refractivity contribution in [2.24, 2.45) is 7.05 Å². The van der Waals surface area contributed by atoms with Crippen molar-refractivity contribution < 1.29 is 42.7 Å². The predicted molar refractivity (Wildman–Crippen MR) is 194 cm³/mol. The third kappa shape index (κ3) is 8.07. The summed E-state index contributed by atoms with van der Waals surface area (Å²) in [5.74, 6) is 3.93. The number of carbonyl (C=O) groups is 1. The number of nitrogens with zero attached hydrogens (tertiary/aromatic N) is 2. The van der Waals surface area contributed by atoms with Gasteiger partial charge in [-0.1, -0.05) is 12.1 Å². The van der Waals surface area contributed by atoms with Crippen LogP contribution in [0.2, 0.25) is 0 Å². The molecule has 0 unspecified atom stereocenters. The molecule has 0 saturated heterocycles. The Balaban J connectivity index is 1.41. The second-order valence-corrected chi connectivity index (χ2v) is 11.4. The summed E-state index contributed by atoms with van der Waals surface area (Å²) >= 11 is 0. The lowest BCUT2D eigenvalue weighted by molar-refractivity contribution is 0.102. The minimum absolute atomic E-state index is 0.121. The van der Waals surface area contributed by atoms with Crippen molar-refractivity contribution in [2.75, 3.05) is 55.1 Å². The Bertz CT molecular complexity index is 1900. The first-order chi connectivity index (χ1) is 24.8. The maximum Gasteiger partial charge on any atom is 0.258 e. The molecule has 0 bridgehead atoms. The largest absolute Gasteiger partial charge is 0.497 e. The number of anilines is 1. The molecule has 0 spiro atoms. The van der Waals surface area contributed by atoms with Gasteiger partial charge in [-0.25, -0.2) is 4.98 Å². The van der Waals surface area contributed by atoms with E-state index in [0.29, 0.717) is 46.9 Å². The predicted octanol–water partition coefficient (Wildman–Crippen LogP) is 6.76. The monoisotopic (exact) mass is 697 g/mol. The van der Waals surface area contributed by atoms with Crippen LogP contribution in [-0.4, -0.2) is 65.2 Å². The molecule has 0 aliphatic rings. The van der Waals surface area contributed by atoms with Crippen LogP contribution in [0.4, 0.5) is 5.95 Å². The number of hydrogen-bond acceptors (Lipinski definition) is 10. The number of nitrogens with one attached hydrogen (secondary N) is 1. The Labute approximate surface area is 297 Å². The van der Waals surface area contributed by atoms with Crippen LogP contribution in [0.5, 0.6) is 46.0 Å². The van der Waals surface area contributed by atoms with E-state index < -0.39 is 5.91 Å². The van der Waals surface area contributed by atoms with Crippen LogP contribution in [-0.2, 0) is 26.5 Å².